The molecule has 0 amide bonds. The van der Waals surface area contributed by atoms with Crippen LogP contribution in [0.15, 0.2) is 12.1 Å². The maximum absolute atomic E-state index is 5.73. The fourth-order valence-corrected chi connectivity index (χ4v) is 2.01. The van der Waals surface area contributed by atoms with Crippen molar-refractivity contribution in [2.24, 2.45) is 0 Å². The van der Waals surface area contributed by atoms with Crippen LogP contribution in [0.1, 0.15) is 5.69 Å². The highest BCUT2D eigenvalue weighted by Gasteiger charge is 2.06. The fourth-order valence-electron chi connectivity index (χ4n) is 1.11. The molecule has 4 N–H and O–H groups in total. The van der Waals surface area contributed by atoms with Gasteiger partial charge in [-0.25, -0.2) is 4.98 Å². The van der Waals surface area contributed by atoms with E-state index in [0.29, 0.717) is 10.7 Å². The van der Waals surface area contributed by atoms with Gasteiger partial charge in [-0.3, -0.25) is 0 Å². The lowest BCUT2D eigenvalue weighted by atomic mass is 10.3. The number of aromatic nitrogens is 1. The van der Waals surface area contributed by atoms with Crippen molar-refractivity contribution in [3.05, 3.63) is 17.8 Å². The predicted octanol–water partition coefficient (Wildman–Crippen LogP) is 1.77. The van der Waals surface area contributed by atoms with Crippen molar-refractivity contribution < 1.29 is 0 Å². The molecule has 0 aliphatic carbocycles. The van der Waals surface area contributed by atoms with Crippen LogP contribution >= 0.6 is 11.3 Å². The minimum Gasteiger partial charge on any atom is -0.396 e. The molecule has 3 nitrogen and oxygen atoms in total. The summed E-state index contributed by atoms with van der Waals surface area (Å²) in [4.78, 5) is 5.24. The molecule has 0 aromatic carbocycles. The predicted molar refractivity (Wildman–Crippen MR) is 53.2 cm³/mol. The van der Waals surface area contributed by atoms with Gasteiger partial charge in [-0.05, 0) is 19.1 Å². The smallest absolute Gasteiger partial charge is 0.127 e. The Hall–Kier alpha value is -1.29. The molecule has 0 spiro atoms. The topological polar surface area (TPSA) is 64.9 Å². The van der Waals surface area contributed by atoms with E-state index in [1.807, 2.05) is 19.1 Å². The Morgan fingerprint density at radius 1 is 1.33 bits per heavy atom. The van der Waals surface area contributed by atoms with Crippen LogP contribution in [0.25, 0.3) is 10.2 Å². The molecule has 62 valence electrons. The zero-order valence-corrected chi connectivity index (χ0v) is 7.48. The first-order valence-corrected chi connectivity index (χ1v) is 4.41. The van der Waals surface area contributed by atoms with Gasteiger partial charge in [0.05, 0.1) is 5.69 Å². The van der Waals surface area contributed by atoms with Gasteiger partial charge in [0.2, 0.25) is 0 Å². The molecule has 2 rings (SSSR count). The van der Waals surface area contributed by atoms with E-state index in [4.69, 9.17) is 11.5 Å². The number of nitrogens with zero attached hydrogens (tertiary/aromatic N) is 1. The van der Waals surface area contributed by atoms with E-state index in [1.165, 1.54) is 11.3 Å². The molecule has 2 aromatic rings. The number of hydrogen-bond donors (Lipinski definition) is 2. The molecule has 12 heavy (non-hydrogen) atoms. The second-order valence-electron chi connectivity index (χ2n) is 2.69. The maximum atomic E-state index is 5.73. The van der Waals surface area contributed by atoms with Gasteiger partial charge in [-0.2, -0.15) is 0 Å². The Labute approximate surface area is 74.0 Å². The van der Waals surface area contributed by atoms with E-state index in [1.54, 1.807) is 0 Å². The van der Waals surface area contributed by atoms with Gasteiger partial charge >= 0.3 is 0 Å². The summed E-state index contributed by atoms with van der Waals surface area (Å²) in [7, 11) is 0. The molecule has 0 aliphatic heterocycles. The zero-order chi connectivity index (χ0) is 8.72. The number of rotatable bonds is 0. The number of fused-ring (bicyclic) bond motifs is 1. The van der Waals surface area contributed by atoms with Crippen LogP contribution < -0.4 is 11.5 Å². The van der Waals surface area contributed by atoms with Crippen LogP contribution in [0.3, 0.4) is 0 Å². The van der Waals surface area contributed by atoms with E-state index in [0.717, 1.165) is 15.9 Å². The van der Waals surface area contributed by atoms with Gasteiger partial charge in [0.1, 0.15) is 9.83 Å². The summed E-state index contributed by atoms with van der Waals surface area (Å²) in [5.41, 5.74) is 13.0. The van der Waals surface area contributed by atoms with Gasteiger partial charge in [0, 0.05) is 11.1 Å². The fraction of sp³-hybridized carbons (Fsp3) is 0.125. The Balaban J connectivity index is 2.87. The van der Waals surface area contributed by atoms with Crippen molar-refractivity contribution in [3.8, 4) is 0 Å². The molecule has 2 heterocycles. The second-order valence-corrected chi connectivity index (χ2v) is 3.72. The van der Waals surface area contributed by atoms with Crippen LogP contribution in [0.2, 0.25) is 0 Å². The normalized spacial score (nSPS) is 10.8. The first kappa shape index (κ1) is 7.36. The van der Waals surface area contributed by atoms with E-state index in [9.17, 15) is 0 Å². The molecule has 0 atom stereocenters. The first-order chi connectivity index (χ1) is 5.68. The molecule has 4 heteroatoms. The molecule has 0 radical (unpaired) electrons. The van der Waals surface area contributed by atoms with Gasteiger partial charge in [0.25, 0.3) is 0 Å². The van der Waals surface area contributed by atoms with E-state index < -0.39 is 0 Å². The molecule has 0 aliphatic rings. The van der Waals surface area contributed by atoms with Crippen molar-refractivity contribution in [1.29, 1.82) is 0 Å². The molecule has 0 saturated carbocycles. The third-order valence-electron chi connectivity index (χ3n) is 1.76. The van der Waals surface area contributed by atoms with E-state index in [-0.39, 0.29) is 0 Å². The largest absolute Gasteiger partial charge is 0.396 e. The second kappa shape index (κ2) is 2.35. The van der Waals surface area contributed by atoms with Crippen LogP contribution in [0, 0.1) is 6.92 Å². The summed E-state index contributed by atoms with van der Waals surface area (Å²) in [6.45, 7) is 1.95. The molecular weight excluding hydrogens is 170 g/mol. The lowest BCUT2D eigenvalue weighted by Crippen LogP contribution is -1.88. The van der Waals surface area contributed by atoms with Crippen molar-refractivity contribution in [2.75, 3.05) is 11.5 Å². The third kappa shape index (κ3) is 0.921. The van der Waals surface area contributed by atoms with Gasteiger partial charge in [0.15, 0.2) is 0 Å². The summed E-state index contributed by atoms with van der Waals surface area (Å²) in [6, 6.07) is 3.89. The van der Waals surface area contributed by atoms with Crippen molar-refractivity contribution in [2.45, 2.75) is 6.92 Å². The average Bonchev–Trinajstić information content (AvgIpc) is 2.28. The van der Waals surface area contributed by atoms with Crippen molar-refractivity contribution >= 4 is 32.2 Å². The van der Waals surface area contributed by atoms with Crippen LogP contribution in [-0.2, 0) is 0 Å². The highest BCUT2D eigenvalue weighted by atomic mass is 32.1. The average molecular weight is 179 g/mol. The lowest BCUT2D eigenvalue weighted by molar-refractivity contribution is 1.27. The maximum Gasteiger partial charge on any atom is 0.127 e. The number of pyridine rings is 1. The highest BCUT2D eigenvalue weighted by Crippen LogP contribution is 2.34. The van der Waals surface area contributed by atoms with Crippen LogP contribution in [-0.4, -0.2) is 4.98 Å². The summed E-state index contributed by atoms with van der Waals surface area (Å²) >= 11 is 1.43. The van der Waals surface area contributed by atoms with Crippen molar-refractivity contribution in [3.63, 3.8) is 0 Å². The SMILES string of the molecule is Cc1ccc2c(N)c(N)sc2n1. The quantitative estimate of drug-likeness (QED) is 0.647. The van der Waals surface area contributed by atoms with Crippen molar-refractivity contribution in [1.82, 2.24) is 4.98 Å². The van der Waals surface area contributed by atoms with Crippen LogP contribution in [0.4, 0.5) is 10.7 Å². The molecule has 0 bridgehead atoms. The number of aryl methyl sites for hydroxylation is 1. The Kier molecular flexibility index (Phi) is 1.44. The summed E-state index contributed by atoms with van der Waals surface area (Å²) < 4.78 is 0. The minimum atomic E-state index is 0.655. The molecule has 0 fully saturated rings. The molecule has 2 aromatic heterocycles. The van der Waals surface area contributed by atoms with Crippen LogP contribution in [0.5, 0.6) is 0 Å². The monoisotopic (exact) mass is 179 g/mol. The molecular formula is C8H9N3S. The third-order valence-corrected chi connectivity index (χ3v) is 2.71. The standard InChI is InChI=1S/C8H9N3S/c1-4-2-3-5-6(9)7(10)12-8(5)11-4/h2-3H,9-10H2,1H3. The summed E-state index contributed by atoms with van der Waals surface area (Å²) in [5, 5.41) is 1.62. The summed E-state index contributed by atoms with van der Waals surface area (Å²) in [5.74, 6) is 0. The lowest BCUT2D eigenvalue weighted by Gasteiger charge is -1.92. The first-order valence-electron chi connectivity index (χ1n) is 3.59. The zero-order valence-electron chi connectivity index (χ0n) is 6.66. The summed E-state index contributed by atoms with van der Waals surface area (Å²) in [6.07, 6.45) is 0. The Morgan fingerprint density at radius 2 is 2.08 bits per heavy atom. The number of nitrogens with two attached hydrogens (primary N) is 2. The number of hydrogen-bond acceptors (Lipinski definition) is 4. The highest BCUT2D eigenvalue weighted by molar-refractivity contribution is 7.23. The number of thiophene rings is 1. The number of nitrogen functional groups attached to an aromatic ring is 2. The van der Waals surface area contributed by atoms with Gasteiger partial charge in [-0.1, -0.05) is 11.3 Å². The van der Waals surface area contributed by atoms with Gasteiger partial charge < -0.3 is 11.5 Å². The van der Waals surface area contributed by atoms with E-state index in [2.05, 4.69) is 4.98 Å². The molecule has 0 saturated heterocycles. The Morgan fingerprint density at radius 3 is 2.83 bits per heavy atom. The number of anilines is 2. The Bertz CT molecular complexity index is 433. The minimum absolute atomic E-state index is 0.655. The van der Waals surface area contributed by atoms with E-state index >= 15 is 0 Å². The molecule has 0 unspecified atom stereocenters. The van der Waals surface area contributed by atoms with Gasteiger partial charge in [-0.15, -0.1) is 0 Å².